The Bertz CT molecular complexity index is 494. The molecule has 1 atom stereocenters. The van der Waals surface area contributed by atoms with Gasteiger partial charge in [-0.05, 0) is 57.9 Å². The van der Waals surface area contributed by atoms with E-state index < -0.39 is 5.60 Å². The lowest BCUT2D eigenvalue weighted by molar-refractivity contribution is 0.0277. The summed E-state index contributed by atoms with van der Waals surface area (Å²) in [6.07, 6.45) is -0.277. The Kier molecular flexibility index (Phi) is 8.05. The van der Waals surface area contributed by atoms with E-state index in [4.69, 9.17) is 9.47 Å². The van der Waals surface area contributed by atoms with Crippen LogP contribution < -0.4 is 10.1 Å². The highest BCUT2D eigenvalue weighted by atomic mass is 16.6. The van der Waals surface area contributed by atoms with E-state index in [0.29, 0.717) is 19.1 Å². The predicted octanol–water partition coefficient (Wildman–Crippen LogP) is 3.68. The van der Waals surface area contributed by atoms with Crippen LogP contribution in [-0.4, -0.2) is 43.3 Å². The van der Waals surface area contributed by atoms with Gasteiger partial charge in [-0.3, -0.25) is 0 Å². The fraction of sp³-hybridized carbons (Fsp3) is 0.632. The molecule has 1 unspecified atom stereocenters. The van der Waals surface area contributed by atoms with Crippen molar-refractivity contribution in [3.05, 3.63) is 29.8 Å². The number of hydrogen-bond donors (Lipinski definition) is 1. The number of ether oxygens (including phenoxy) is 2. The van der Waals surface area contributed by atoms with Gasteiger partial charge in [0.2, 0.25) is 0 Å². The molecule has 136 valence electrons. The van der Waals surface area contributed by atoms with Crippen LogP contribution >= 0.6 is 0 Å². The molecule has 0 aliphatic rings. The van der Waals surface area contributed by atoms with Crippen molar-refractivity contribution in [2.24, 2.45) is 5.92 Å². The Morgan fingerprint density at radius 3 is 2.42 bits per heavy atom. The van der Waals surface area contributed by atoms with Crippen LogP contribution in [0.1, 0.15) is 40.2 Å². The van der Waals surface area contributed by atoms with Gasteiger partial charge in [-0.2, -0.15) is 0 Å². The maximum absolute atomic E-state index is 11.9. The summed E-state index contributed by atoms with van der Waals surface area (Å²) >= 11 is 0. The number of hydrogen-bond acceptors (Lipinski definition) is 4. The average molecular weight is 336 g/mol. The summed E-state index contributed by atoms with van der Waals surface area (Å²) in [6, 6.07) is 8.10. The zero-order chi connectivity index (χ0) is 18.2. The highest BCUT2D eigenvalue weighted by molar-refractivity contribution is 5.67. The van der Waals surface area contributed by atoms with Gasteiger partial charge in [0.05, 0.1) is 6.61 Å². The Morgan fingerprint density at radius 1 is 1.25 bits per heavy atom. The second kappa shape index (κ2) is 9.52. The minimum Gasteiger partial charge on any atom is -0.494 e. The molecule has 1 aromatic carbocycles. The standard InChI is InChI=1S/C19H32N2O3/c1-7-23-17-10-8-16(9-11-17)13-20-12-15(2)14-21(6)18(22)24-19(3,4)5/h8-11,15,20H,7,12-14H2,1-6H3. The minimum absolute atomic E-state index is 0.277. The summed E-state index contributed by atoms with van der Waals surface area (Å²) in [6.45, 7) is 12.7. The Hall–Kier alpha value is -1.75. The fourth-order valence-corrected chi connectivity index (χ4v) is 2.28. The van der Waals surface area contributed by atoms with Crippen LogP contribution in [-0.2, 0) is 11.3 Å². The van der Waals surface area contributed by atoms with Crippen molar-refractivity contribution in [1.82, 2.24) is 10.2 Å². The first-order chi connectivity index (χ1) is 11.2. The van der Waals surface area contributed by atoms with E-state index in [0.717, 1.165) is 18.8 Å². The van der Waals surface area contributed by atoms with Gasteiger partial charge in [0.25, 0.3) is 0 Å². The van der Waals surface area contributed by atoms with Crippen LogP contribution in [0.5, 0.6) is 5.75 Å². The zero-order valence-corrected chi connectivity index (χ0v) is 15.9. The third-order valence-corrected chi connectivity index (χ3v) is 3.35. The van der Waals surface area contributed by atoms with Crippen molar-refractivity contribution >= 4 is 6.09 Å². The molecular formula is C19H32N2O3. The molecule has 1 aromatic rings. The molecule has 5 nitrogen and oxygen atoms in total. The van der Waals surface area contributed by atoms with E-state index in [1.54, 1.807) is 11.9 Å². The molecule has 1 rings (SSSR count). The van der Waals surface area contributed by atoms with E-state index in [1.165, 1.54) is 5.56 Å². The molecule has 0 aliphatic carbocycles. The lowest BCUT2D eigenvalue weighted by atomic mass is 10.1. The van der Waals surface area contributed by atoms with Crippen molar-refractivity contribution in [3.8, 4) is 5.75 Å². The molecule has 0 saturated carbocycles. The van der Waals surface area contributed by atoms with Gasteiger partial charge in [-0.1, -0.05) is 19.1 Å². The molecule has 1 amide bonds. The molecule has 1 N–H and O–H groups in total. The number of carbonyl (C=O) groups excluding carboxylic acids is 1. The fourth-order valence-electron chi connectivity index (χ4n) is 2.28. The topological polar surface area (TPSA) is 50.8 Å². The highest BCUT2D eigenvalue weighted by Crippen LogP contribution is 2.12. The van der Waals surface area contributed by atoms with Crippen molar-refractivity contribution in [2.45, 2.75) is 46.8 Å². The monoisotopic (exact) mass is 336 g/mol. The van der Waals surface area contributed by atoms with Gasteiger partial charge in [-0.25, -0.2) is 4.79 Å². The van der Waals surface area contributed by atoms with Crippen LogP contribution in [0.25, 0.3) is 0 Å². The summed E-state index contributed by atoms with van der Waals surface area (Å²) in [5, 5.41) is 3.43. The molecule has 0 aromatic heterocycles. The third kappa shape index (κ3) is 8.20. The first kappa shape index (κ1) is 20.3. The number of nitrogens with zero attached hydrogens (tertiary/aromatic N) is 1. The summed E-state index contributed by atoms with van der Waals surface area (Å²) in [4.78, 5) is 13.6. The molecule has 0 saturated heterocycles. The van der Waals surface area contributed by atoms with Gasteiger partial charge < -0.3 is 19.7 Å². The largest absolute Gasteiger partial charge is 0.494 e. The summed E-state index contributed by atoms with van der Waals surface area (Å²) < 4.78 is 10.8. The van der Waals surface area contributed by atoms with Crippen LogP contribution in [0.3, 0.4) is 0 Å². The van der Waals surface area contributed by atoms with Crippen molar-refractivity contribution in [3.63, 3.8) is 0 Å². The molecule has 24 heavy (non-hydrogen) atoms. The van der Waals surface area contributed by atoms with Crippen LogP contribution in [0.4, 0.5) is 4.79 Å². The molecule has 0 spiro atoms. The second-order valence-electron chi connectivity index (χ2n) is 7.17. The van der Waals surface area contributed by atoms with Gasteiger partial charge in [0.15, 0.2) is 0 Å². The average Bonchev–Trinajstić information content (AvgIpc) is 2.47. The molecule has 0 heterocycles. The maximum Gasteiger partial charge on any atom is 0.410 e. The summed E-state index contributed by atoms with van der Waals surface area (Å²) in [7, 11) is 1.77. The molecular weight excluding hydrogens is 304 g/mol. The van der Waals surface area contributed by atoms with Crippen LogP contribution in [0.15, 0.2) is 24.3 Å². The SMILES string of the molecule is CCOc1ccc(CNCC(C)CN(C)C(=O)OC(C)(C)C)cc1. The normalized spacial score (nSPS) is 12.6. The lowest BCUT2D eigenvalue weighted by Gasteiger charge is -2.26. The van der Waals surface area contributed by atoms with Gasteiger partial charge in [-0.15, -0.1) is 0 Å². The van der Waals surface area contributed by atoms with Crippen molar-refractivity contribution in [2.75, 3.05) is 26.7 Å². The Balaban J connectivity index is 2.30. The molecule has 0 bridgehead atoms. The summed E-state index contributed by atoms with van der Waals surface area (Å²) in [5.41, 5.74) is 0.756. The van der Waals surface area contributed by atoms with Crippen molar-refractivity contribution < 1.29 is 14.3 Å². The first-order valence-corrected chi connectivity index (χ1v) is 8.58. The number of nitrogens with one attached hydrogen (secondary N) is 1. The number of benzene rings is 1. The number of amides is 1. The van der Waals surface area contributed by atoms with E-state index >= 15 is 0 Å². The van der Waals surface area contributed by atoms with Gasteiger partial charge in [0.1, 0.15) is 11.4 Å². The molecule has 0 radical (unpaired) electrons. The van der Waals surface area contributed by atoms with Crippen LogP contribution in [0.2, 0.25) is 0 Å². The number of carbonyl (C=O) groups is 1. The molecule has 5 heteroatoms. The highest BCUT2D eigenvalue weighted by Gasteiger charge is 2.20. The minimum atomic E-state index is -0.458. The maximum atomic E-state index is 11.9. The van der Waals surface area contributed by atoms with E-state index in [1.807, 2.05) is 39.8 Å². The molecule has 0 aliphatic heterocycles. The van der Waals surface area contributed by atoms with Crippen molar-refractivity contribution in [1.29, 1.82) is 0 Å². The quantitative estimate of drug-likeness (QED) is 0.787. The van der Waals surface area contributed by atoms with E-state index in [-0.39, 0.29) is 6.09 Å². The van der Waals surface area contributed by atoms with Gasteiger partial charge >= 0.3 is 6.09 Å². The van der Waals surface area contributed by atoms with Gasteiger partial charge in [0, 0.05) is 20.1 Å². The molecule has 0 fully saturated rings. The second-order valence-corrected chi connectivity index (χ2v) is 7.17. The predicted molar refractivity (Wildman–Crippen MR) is 97.3 cm³/mol. The third-order valence-electron chi connectivity index (χ3n) is 3.35. The summed E-state index contributed by atoms with van der Waals surface area (Å²) in [5.74, 6) is 1.24. The number of rotatable bonds is 8. The first-order valence-electron chi connectivity index (χ1n) is 8.58. The van der Waals surface area contributed by atoms with E-state index in [9.17, 15) is 4.79 Å². The Morgan fingerprint density at radius 2 is 1.88 bits per heavy atom. The van der Waals surface area contributed by atoms with E-state index in [2.05, 4.69) is 24.4 Å². The smallest absolute Gasteiger partial charge is 0.410 e. The lowest BCUT2D eigenvalue weighted by Crippen LogP contribution is -2.38. The Labute approximate surface area is 146 Å². The van der Waals surface area contributed by atoms with Crippen LogP contribution in [0, 0.1) is 5.92 Å². The zero-order valence-electron chi connectivity index (χ0n) is 15.9.